The molecule has 0 aromatic heterocycles. The van der Waals surface area contributed by atoms with Crippen molar-refractivity contribution in [2.75, 3.05) is 0 Å². The van der Waals surface area contributed by atoms with Crippen LogP contribution in [0, 0.1) is 40.4 Å². The first-order valence-electron chi connectivity index (χ1n) is 12.9. The van der Waals surface area contributed by atoms with Crippen LogP contribution in [0.1, 0.15) is 78.1 Å². The van der Waals surface area contributed by atoms with Crippen molar-refractivity contribution in [2.45, 2.75) is 108 Å². The predicted molar refractivity (Wildman–Crippen MR) is 118 cm³/mol. The van der Waals surface area contributed by atoms with E-state index in [4.69, 9.17) is 0 Å². The van der Waals surface area contributed by atoms with Gasteiger partial charge in [0, 0.05) is 0 Å². The molecule has 0 radical (unpaired) electrons. The summed E-state index contributed by atoms with van der Waals surface area (Å²) in [6.45, 7) is 4.48. The minimum absolute atomic E-state index is 0.0106. The average Bonchev–Trinajstić information content (AvgIpc) is 3.07. The molecule has 4 rings (SSSR count). The van der Waals surface area contributed by atoms with E-state index in [1.54, 1.807) is 0 Å². The Kier molecular flexibility index (Phi) is 6.92. The second kappa shape index (κ2) is 8.90. The lowest BCUT2D eigenvalue weighted by molar-refractivity contribution is -0.347. The number of fused-ring (bicyclic) bond motifs is 5. The van der Waals surface area contributed by atoms with Crippen molar-refractivity contribution in [3.8, 4) is 0 Å². The van der Waals surface area contributed by atoms with Crippen molar-refractivity contribution in [3.05, 3.63) is 12.2 Å². The fourth-order valence-electron chi connectivity index (χ4n) is 8.76. The van der Waals surface area contributed by atoms with Gasteiger partial charge in [-0.3, -0.25) is 0 Å². The highest BCUT2D eigenvalue weighted by molar-refractivity contribution is 5.13. The van der Waals surface area contributed by atoms with Gasteiger partial charge in [-0.1, -0.05) is 19.9 Å². The smallest absolute Gasteiger partial charge is 0.393 e. The maximum Gasteiger partial charge on any atom is 0.429 e. The molecule has 4 saturated carbocycles. The average molecular weight is 513 g/mol. The highest BCUT2D eigenvalue weighted by Crippen LogP contribution is 2.68. The van der Waals surface area contributed by atoms with Gasteiger partial charge in [0.15, 0.2) is 0 Å². The lowest BCUT2D eigenvalue weighted by atomic mass is 9.44. The lowest BCUT2D eigenvalue weighted by Crippen LogP contribution is -2.58. The van der Waals surface area contributed by atoms with Crippen LogP contribution in [0.3, 0.4) is 0 Å². The molecule has 0 spiro atoms. The molecule has 0 bridgehead atoms. The Balaban J connectivity index is 1.45. The summed E-state index contributed by atoms with van der Waals surface area (Å²) in [5, 5.41) is 30.6. The molecule has 3 nitrogen and oxygen atoms in total. The van der Waals surface area contributed by atoms with E-state index < -0.39 is 24.1 Å². The fourth-order valence-corrected chi connectivity index (χ4v) is 8.76. The van der Waals surface area contributed by atoms with Crippen molar-refractivity contribution in [1.29, 1.82) is 0 Å². The number of halogens is 6. The van der Waals surface area contributed by atoms with Crippen LogP contribution >= 0.6 is 0 Å². The van der Waals surface area contributed by atoms with Gasteiger partial charge in [0.2, 0.25) is 0 Å². The third-order valence-electron chi connectivity index (χ3n) is 10.8. The Labute approximate surface area is 203 Å². The van der Waals surface area contributed by atoms with Crippen molar-refractivity contribution in [2.24, 2.45) is 40.4 Å². The summed E-state index contributed by atoms with van der Waals surface area (Å²) >= 11 is 0. The first-order chi connectivity index (χ1) is 16.0. The third kappa shape index (κ3) is 4.35. The zero-order valence-corrected chi connectivity index (χ0v) is 20.4. The van der Waals surface area contributed by atoms with Gasteiger partial charge in [-0.25, -0.2) is 0 Å². The summed E-state index contributed by atoms with van der Waals surface area (Å²) in [5.74, 6) is 1.46. The van der Waals surface area contributed by atoms with E-state index in [2.05, 4.69) is 13.8 Å². The molecular weight excluding hydrogens is 474 g/mol. The molecule has 3 N–H and O–H groups in total. The summed E-state index contributed by atoms with van der Waals surface area (Å²) in [5.41, 5.74) is -4.90. The number of allylic oxidation sites excluding steroid dienone is 1. The van der Waals surface area contributed by atoms with E-state index in [0.717, 1.165) is 44.6 Å². The zero-order chi connectivity index (χ0) is 26.0. The largest absolute Gasteiger partial charge is 0.429 e. The first-order valence-corrected chi connectivity index (χ1v) is 12.9. The van der Waals surface area contributed by atoms with Crippen LogP contribution in [0.4, 0.5) is 26.3 Å². The molecule has 202 valence electrons. The summed E-state index contributed by atoms with van der Waals surface area (Å²) in [6, 6.07) is 0. The lowest BCUT2D eigenvalue weighted by Gasteiger charge is -2.62. The number of aliphatic hydroxyl groups excluding tert-OH is 2. The molecule has 0 aromatic rings. The molecule has 35 heavy (non-hydrogen) atoms. The van der Waals surface area contributed by atoms with E-state index in [1.165, 1.54) is 0 Å². The topological polar surface area (TPSA) is 60.7 Å². The molecule has 0 aromatic carbocycles. The number of alkyl halides is 6. The minimum Gasteiger partial charge on any atom is -0.393 e. The Bertz CT molecular complexity index is 796. The Morgan fingerprint density at radius 2 is 1.40 bits per heavy atom. The standard InChI is InChI=1S/C26H38F6O3/c1-22-12-9-19-17(14-21(34)20-13-16(33)8-11-23(19,20)2)18(22)7-6-15(22)5-3-4-10-24(35,25(27,28)29)26(30,31)32/h4,10,15-21,33-35H,3,5-9,11-14H2,1-2H3/b10-4+. The highest BCUT2D eigenvalue weighted by atomic mass is 19.4. The highest BCUT2D eigenvalue weighted by Gasteiger charge is 2.69. The van der Waals surface area contributed by atoms with Crippen LogP contribution in [0.2, 0.25) is 0 Å². The zero-order valence-electron chi connectivity index (χ0n) is 20.4. The first kappa shape index (κ1) is 27.2. The van der Waals surface area contributed by atoms with Crippen LogP contribution in [0.15, 0.2) is 12.2 Å². The van der Waals surface area contributed by atoms with Crippen LogP contribution in [-0.4, -0.2) is 45.5 Å². The molecule has 9 heteroatoms. The normalized spacial score (nSPS) is 44.7. The molecule has 4 aliphatic carbocycles. The molecule has 0 aliphatic heterocycles. The van der Waals surface area contributed by atoms with E-state index in [0.29, 0.717) is 37.0 Å². The van der Waals surface area contributed by atoms with Gasteiger partial charge in [0.25, 0.3) is 5.60 Å². The minimum atomic E-state index is -5.84. The molecule has 0 saturated heterocycles. The summed E-state index contributed by atoms with van der Waals surface area (Å²) in [7, 11) is 0. The van der Waals surface area contributed by atoms with Gasteiger partial charge in [-0.2, -0.15) is 26.3 Å². The molecule has 4 fully saturated rings. The third-order valence-corrected chi connectivity index (χ3v) is 10.8. The monoisotopic (exact) mass is 512 g/mol. The van der Waals surface area contributed by atoms with E-state index in [1.807, 2.05) is 0 Å². The summed E-state index contributed by atoms with van der Waals surface area (Å²) in [6.07, 6.45) is -4.51. The summed E-state index contributed by atoms with van der Waals surface area (Å²) < 4.78 is 77.5. The predicted octanol–water partition coefficient (Wildman–Crippen LogP) is 6.17. The maximum absolute atomic E-state index is 12.9. The van der Waals surface area contributed by atoms with Gasteiger partial charge in [0.1, 0.15) is 0 Å². The molecule has 9 unspecified atom stereocenters. The van der Waals surface area contributed by atoms with Crippen LogP contribution in [0.25, 0.3) is 0 Å². The van der Waals surface area contributed by atoms with Crippen molar-refractivity contribution < 1.29 is 41.7 Å². The molecule has 0 heterocycles. The Morgan fingerprint density at radius 1 is 0.800 bits per heavy atom. The van der Waals surface area contributed by atoms with Crippen LogP contribution in [0.5, 0.6) is 0 Å². The van der Waals surface area contributed by atoms with Crippen molar-refractivity contribution in [1.82, 2.24) is 0 Å². The number of rotatable bonds is 4. The van der Waals surface area contributed by atoms with E-state index in [9.17, 15) is 41.7 Å². The van der Waals surface area contributed by atoms with Crippen molar-refractivity contribution in [3.63, 3.8) is 0 Å². The van der Waals surface area contributed by atoms with Crippen LogP contribution < -0.4 is 0 Å². The molecule has 9 atom stereocenters. The van der Waals surface area contributed by atoms with E-state index in [-0.39, 0.29) is 41.3 Å². The van der Waals surface area contributed by atoms with Gasteiger partial charge in [-0.05, 0) is 111 Å². The SMILES string of the molecule is CC12CCC3C(CC(O)C4CC(O)CCC43C)C1CCC2CC/C=C/C(O)(C(F)(F)F)C(F)(F)F. The van der Waals surface area contributed by atoms with Gasteiger partial charge >= 0.3 is 12.4 Å². The number of aliphatic hydroxyl groups is 3. The fraction of sp³-hybridized carbons (Fsp3) is 0.923. The number of hydrogen-bond donors (Lipinski definition) is 3. The Morgan fingerprint density at radius 3 is 2.03 bits per heavy atom. The molecule has 0 amide bonds. The van der Waals surface area contributed by atoms with Crippen molar-refractivity contribution >= 4 is 0 Å². The van der Waals surface area contributed by atoms with Gasteiger partial charge in [0.05, 0.1) is 12.2 Å². The summed E-state index contributed by atoms with van der Waals surface area (Å²) in [4.78, 5) is 0. The number of hydrogen-bond acceptors (Lipinski definition) is 3. The van der Waals surface area contributed by atoms with Gasteiger partial charge < -0.3 is 15.3 Å². The maximum atomic E-state index is 12.9. The Hall–Kier alpha value is -0.800. The second-order valence-electron chi connectivity index (χ2n) is 12.3. The second-order valence-corrected chi connectivity index (χ2v) is 12.3. The molecule has 4 aliphatic rings. The van der Waals surface area contributed by atoms with Crippen LogP contribution in [-0.2, 0) is 0 Å². The van der Waals surface area contributed by atoms with E-state index >= 15 is 0 Å². The molecular formula is C26H38F6O3. The van der Waals surface area contributed by atoms with Gasteiger partial charge in [-0.15, -0.1) is 0 Å². The quantitative estimate of drug-likeness (QED) is 0.312.